The fourth-order valence-electron chi connectivity index (χ4n) is 1.96. The van der Waals surface area contributed by atoms with Gasteiger partial charge in [-0.15, -0.1) is 0 Å². The molecule has 4 heteroatoms. The van der Waals surface area contributed by atoms with Crippen LogP contribution in [0, 0.1) is 6.92 Å². The molecular weight excluding hydrogens is 240 g/mol. The van der Waals surface area contributed by atoms with Crippen LogP contribution in [0.3, 0.4) is 0 Å². The van der Waals surface area contributed by atoms with Gasteiger partial charge in [-0.25, -0.2) is 0 Å². The molecule has 0 atom stereocenters. The first-order valence-corrected chi connectivity index (χ1v) is 6.06. The van der Waals surface area contributed by atoms with Crippen molar-refractivity contribution < 1.29 is 4.79 Å². The Morgan fingerprint density at radius 2 is 1.89 bits per heavy atom. The van der Waals surface area contributed by atoms with Gasteiger partial charge in [0.05, 0.1) is 0 Å². The van der Waals surface area contributed by atoms with Gasteiger partial charge in [-0.2, -0.15) is 0 Å². The molecule has 1 heterocycles. The van der Waals surface area contributed by atoms with Gasteiger partial charge in [0.15, 0.2) is 0 Å². The summed E-state index contributed by atoms with van der Waals surface area (Å²) in [5, 5.41) is 0. The van der Waals surface area contributed by atoms with Crippen molar-refractivity contribution in [1.29, 1.82) is 0 Å². The Morgan fingerprint density at radius 1 is 1.21 bits per heavy atom. The van der Waals surface area contributed by atoms with Gasteiger partial charge in [-0.3, -0.25) is 9.59 Å². The first kappa shape index (κ1) is 13.1. The van der Waals surface area contributed by atoms with Gasteiger partial charge in [0, 0.05) is 30.9 Å². The second-order valence-electron chi connectivity index (χ2n) is 4.56. The number of hydrogen-bond donors (Lipinski definition) is 1. The molecule has 0 saturated heterocycles. The lowest BCUT2D eigenvalue weighted by molar-refractivity contribution is 0.0784. The van der Waals surface area contributed by atoms with Crippen LogP contribution < -0.4 is 5.56 Å². The molecule has 1 aromatic heterocycles. The maximum absolute atomic E-state index is 12.2. The number of rotatable bonds is 3. The van der Waals surface area contributed by atoms with Crippen LogP contribution in [0.4, 0.5) is 0 Å². The predicted molar refractivity (Wildman–Crippen MR) is 74.0 cm³/mol. The van der Waals surface area contributed by atoms with E-state index in [9.17, 15) is 9.59 Å². The molecule has 1 N–H and O–H groups in total. The van der Waals surface area contributed by atoms with E-state index in [1.165, 1.54) is 6.07 Å². The van der Waals surface area contributed by atoms with Gasteiger partial charge in [-0.1, -0.05) is 30.3 Å². The molecule has 0 saturated carbocycles. The van der Waals surface area contributed by atoms with E-state index in [2.05, 4.69) is 4.98 Å². The molecule has 2 rings (SSSR count). The van der Waals surface area contributed by atoms with Gasteiger partial charge in [0.2, 0.25) is 5.56 Å². The standard InChI is InChI=1S/C15H16N2O2/c1-11-8-13(9-14(18)16-11)15(19)17(2)10-12-6-4-3-5-7-12/h3-9H,10H2,1-2H3,(H,16,18). The zero-order valence-corrected chi connectivity index (χ0v) is 11.0. The van der Waals surface area contributed by atoms with Crippen LogP contribution in [0.1, 0.15) is 21.6 Å². The Hall–Kier alpha value is -2.36. The zero-order valence-electron chi connectivity index (χ0n) is 11.0. The largest absolute Gasteiger partial charge is 0.337 e. The highest BCUT2D eigenvalue weighted by atomic mass is 16.2. The third-order valence-electron chi connectivity index (χ3n) is 2.84. The summed E-state index contributed by atoms with van der Waals surface area (Å²) in [5.74, 6) is -0.155. The number of amides is 1. The van der Waals surface area contributed by atoms with E-state index in [1.807, 2.05) is 30.3 Å². The Bertz CT molecular complexity index is 632. The first-order valence-electron chi connectivity index (χ1n) is 6.06. The zero-order chi connectivity index (χ0) is 13.8. The lowest BCUT2D eigenvalue weighted by atomic mass is 10.2. The highest BCUT2D eigenvalue weighted by molar-refractivity contribution is 5.94. The third kappa shape index (κ3) is 3.31. The summed E-state index contributed by atoms with van der Waals surface area (Å²) in [6.07, 6.45) is 0. The maximum Gasteiger partial charge on any atom is 0.254 e. The summed E-state index contributed by atoms with van der Waals surface area (Å²) in [5.41, 5.74) is 1.90. The van der Waals surface area contributed by atoms with Crippen LogP contribution in [0.25, 0.3) is 0 Å². The highest BCUT2D eigenvalue weighted by Gasteiger charge is 2.12. The molecule has 0 bridgehead atoms. The van der Waals surface area contributed by atoms with Crippen molar-refractivity contribution in [2.24, 2.45) is 0 Å². The number of carbonyl (C=O) groups excluding carboxylic acids is 1. The lowest BCUT2D eigenvalue weighted by Gasteiger charge is -2.17. The summed E-state index contributed by atoms with van der Waals surface area (Å²) in [7, 11) is 1.73. The van der Waals surface area contributed by atoms with Crippen LogP contribution in [-0.2, 0) is 6.54 Å². The van der Waals surface area contributed by atoms with Crippen molar-refractivity contribution in [2.45, 2.75) is 13.5 Å². The molecule has 4 nitrogen and oxygen atoms in total. The Labute approximate surface area is 111 Å². The van der Waals surface area contributed by atoms with Crippen molar-refractivity contribution in [1.82, 2.24) is 9.88 Å². The van der Waals surface area contributed by atoms with E-state index in [-0.39, 0.29) is 11.5 Å². The van der Waals surface area contributed by atoms with E-state index in [1.54, 1.807) is 24.9 Å². The van der Waals surface area contributed by atoms with Crippen LogP contribution in [-0.4, -0.2) is 22.8 Å². The average Bonchev–Trinajstić information content (AvgIpc) is 2.37. The molecule has 1 amide bonds. The molecular formula is C15H16N2O2. The van der Waals surface area contributed by atoms with Crippen LogP contribution >= 0.6 is 0 Å². The molecule has 0 aliphatic rings. The Kier molecular flexibility index (Phi) is 3.80. The average molecular weight is 256 g/mol. The number of carbonyl (C=O) groups is 1. The van der Waals surface area contributed by atoms with Crippen molar-refractivity contribution >= 4 is 5.91 Å². The molecule has 0 fully saturated rings. The van der Waals surface area contributed by atoms with Crippen molar-refractivity contribution in [3.8, 4) is 0 Å². The Morgan fingerprint density at radius 3 is 2.53 bits per heavy atom. The van der Waals surface area contributed by atoms with Gasteiger partial charge >= 0.3 is 0 Å². The predicted octanol–water partition coefficient (Wildman–Crippen LogP) is 1.96. The summed E-state index contributed by atoms with van der Waals surface area (Å²) in [6.45, 7) is 2.28. The second-order valence-corrected chi connectivity index (χ2v) is 4.56. The summed E-state index contributed by atoms with van der Waals surface area (Å²) in [4.78, 5) is 27.8. The number of nitrogens with zero attached hydrogens (tertiary/aromatic N) is 1. The second kappa shape index (κ2) is 5.52. The van der Waals surface area contributed by atoms with Crippen molar-refractivity contribution in [2.75, 3.05) is 7.05 Å². The van der Waals surface area contributed by atoms with Crippen LogP contribution in [0.15, 0.2) is 47.3 Å². The number of H-pyrrole nitrogens is 1. The van der Waals surface area contributed by atoms with Crippen molar-refractivity contribution in [3.63, 3.8) is 0 Å². The Balaban J connectivity index is 2.17. The third-order valence-corrected chi connectivity index (χ3v) is 2.84. The molecule has 19 heavy (non-hydrogen) atoms. The minimum Gasteiger partial charge on any atom is -0.337 e. The molecule has 0 unspecified atom stereocenters. The number of aromatic amines is 1. The van der Waals surface area contributed by atoms with Gasteiger partial charge in [0.1, 0.15) is 0 Å². The SMILES string of the molecule is Cc1cc(C(=O)N(C)Cc2ccccc2)cc(=O)[nH]1. The molecule has 0 radical (unpaired) electrons. The van der Waals surface area contributed by atoms with E-state index in [0.717, 1.165) is 5.56 Å². The quantitative estimate of drug-likeness (QED) is 0.912. The smallest absolute Gasteiger partial charge is 0.254 e. The highest BCUT2D eigenvalue weighted by Crippen LogP contribution is 2.07. The minimum absolute atomic E-state index is 0.155. The summed E-state index contributed by atoms with van der Waals surface area (Å²) in [6, 6.07) is 12.8. The van der Waals surface area contributed by atoms with Gasteiger partial charge in [0.25, 0.3) is 5.91 Å². The number of aromatic nitrogens is 1. The first-order chi connectivity index (χ1) is 9.06. The van der Waals surface area contributed by atoms with E-state index >= 15 is 0 Å². The number of nitrogens with one attached hydrogen (secondary N) is 1. The number of hydrogen-bond acceptors (Lipinski definition) is 2. The van der Waals surface area contributed by atoms with E-state index in [4.69, 9.17) is 0 Å². The van der Waals surface area contributed by atoms with E-state index in [0.29, 0.717) is 17.8 Å². The molecule has 1 aromatic carbocycles. The molecule has 0 spiro atoms. The molecule has 0 aliphatic heterocycles. The monoisotopic (exact) mass is 256 g/mol. The van der Waals surface area contributed by atoms with Crippen LogP contribution in [0.2, 0.25) is 0 Å². The maximum atomic E-state index is 12.2. The minimum atomic E-state index is -0.253. The summed E-state index contributed by atoms with van der Waals surface area (Å²) < 4.78 is 0. The normalized spacial score (nSPS) is 10.2. The lowest BCUT2D eigenvalue weighted by Crippen LogP contribution is -2.27. The topological polar surface area (TPSA) is 53.2 Å². The molecule has 0 aliphatic carbocycles. The molecule has 2 aromatic rings. The fraction of sp³-hybridized carbons (Fsp3) is 0.200. The molecule has 98 valence electrons. The van der Waals surface area contributed by atoms with Crippen molar-refractivity contribution in [3.05, 3.63) is 69.6 Å². The number of aryl methyl sites for hydroxylation is 1. The van der Waals surface area contributed by atoms with E-state index < -0.39 is 0 Å². The summed E-state index contributed by atoms with van der Waals surface area (Å²) >= 11 is 0. The van der Waals surface area contributed by atoms with Gasteiger partial charge in [-0.05, 0) is 18.6 Å². The van der Waals surface area contributed by atoms with Gasteiger partial charge < -0.3 is 9.88 Å². The number of benzene rings is 1. The van der Waals surface area contributed by atoms with Crippen LogP contribution in [0.5, 0.6) is 0 Å². The fourth-order valence-corrected chi connectivity index (χ4v) is 1.96. The number of pyridine rings is 1.